The normalized spacial score (nSPS) is 10.7. The van der Waals surface area contributed by atoms with Gasteiger partial charge in [-0.3, -0.25) is 9.78 Å². The zero-order valence-electron chi connectivity index (χ0n) is 20.6. The molecule has 0 amide bonds. The van der Waals surface area contributed by atoms with E-state index in [1.54, 1.807) is 35.3 Å². The van der Waals surface area contributed by atoms with Crippen LogP contribution in [0.3, 0.4) is 0 Å². The zero-order chi connectivity index (χ0) is 26.6. The molecule has 2 heterocycles. The van der Waals surface area contributed by atoms with Gasteiger partial charge in [-0.25, -0.2) is 9.48 Å². The molecular formula is C29H22ClN5O3. The Balaban J connectivity index is 1.46. The van der Waals surface area contributed by atoms with Gasteiger partial charge in [0, 0.05) is 28.9 Å². The van der Waals surface area contributed by atoms with Crippen LogP contribution in [0.2, 0.25) is 5.02 Å². The first-order chi connectivity index (χ1) is 18.5. The number of halogens is 1. The SMILES string of the molecule is COC(=O)c1cc(C(=O)c2ccc(N(C)c3ccc(Cl)cc3)cn2)ccc1-n1nncc1-c1ccccc1. The van der Waals surface area contributed by atoms with Crippen molar-refractivity contribution in [1.29, 1.82) is 0 Å². The molecule has 0 aliphatic heterocycles. The fraction of sp³-hybridized carbons (Fsp3) is 0.0690. The number of ether oxygens (including phenoxy) is 1. The van der Waals surface area contributed by atoms with Crippen molar-refractivity contribution in [2.75, 3.05) is 19.1 Å². The minimum absolute atomic E-state index is 0.181. The molecule has 38 heavy (non-hydrogen) atoms. The van der Waals surface area contributed by atoms with Crippen LogP contribution in [0.1, 0.15) is 26.4 Å². The van der Waals surface area contributed by atoms with Gasteiger partial charge in [0.15, 0.2) is 0 Å². The number of carbonyl (C=O) groups is 2. The summed E-state index contributed by atoms with van der Waals surface area (Å²) in [5.74, 6) is -0.929. The molecule has 0 radical (unpaired) electrons. The van der Waals surface area contributed by atoms with E-state index in [1.165, 1.54) is 13.2 Å². The van der Waals surface area contributed by atoms with Crippen LogP contribution < -0.4 is 4.90 Å². The third kappa shape index (κ3) is 4.89. The molecule has 0 aliphatic carbocycles. The van der Waals surface area contributed by atoms with Crippen molar-refractivity contribution in [3.05, 3.63) is 119 Å². The first-order valence-corrected chi connectivity index (χ1v) is 12.0. The number of hydrogen-bond acceptors (Lipinski definition) is 7. The largest absolute Gasteiger partial charge is 0.465 e. The third-order valence-electron chi connectivity index (χ3n) is 6.09. The Labute approximate surface area is 224 Å². The number of pyridine rings is 1. The molecule has 2 aromatic heterocycles. The third-order valence-corrected chi connectivity index (χ3v) is 6.34. The maximum atomic E-state index is 13.3. The molecule has 0 N–H and O–H groups in total. The van der Waals surface area contributed by atoms with Crippen LogP contribution >= 0.6 is 11.6 Å². The van der Waals surface area contributed by atoms with E-state index in [0.29, 0.717) is 22.0 Å². The lowest BCUT2D eigenvalue weighted by atomic mass is 10.0. The van der Waals surface area contributed by atoms with Crippen LogP contribution in [0.15, 0.2) is 97.3 Å². The molecule has 188 valence electrons. The molecule has 0 fully saturated rings. The quantitative estimate of drug-likeness (QED) is 0.197. The Hall–Kier alpha value is -4.82. The molecule has 3 aromatic carbocycles. The molecule has 5 rings (SSSR count). The number of esters is 1. The Morgan fingerprint density at radius 2 is 1.63 bits per heavy atom. The summed E-state index contributed by atoms with van der Waals surface area (Å²) in [6.45, 7) is 0. The van der Waals surface area contributed by atoms with Gasteiger partial charge in [0.25, 0.3) is 0 Å². The topological polar surface area (TPSA) is 90.2 Å². The van der Waals surface area contributed by atoms with Crippen LogP contribution in [0.5, 0.6) is 0 Å². The molecule has 0 saturated carbocycles. The number of anilines is 2. The highest BCUT2D eigenvalue weighted by atomic mass is 35.5. The van der Waals surface area contributed by atoms with E-state index in [2.05, 4.69) is 15.3 Å². The predicted octanol–water partition coefficient (Wildman–Crippen LogP) is 5.77. The van der Waals surface area contributed by atoms with Crippen LogP contribution in [-0.2, 0) is 4.74 Å². The zero-order valence-corrected chi connectivity index (χ0v) is 21.3. The first-order valence-electron chi connectivity index (χ1n) is 11.6. The van der Waals surface area contributed by atoms with Gasteiger partial charge in [-0.15, -0.1) is 5.10 Å². The summed E-state index contributed by atoms with van der Waals surface area (Å²) in [6, 6.07) is 25.2. The van der Waals surface area contributed by atoms with Crippen LogP contribution in [0, 0.1) is 0 Å². The highest BCUT2D eigenvalue weighted by Gasteiger charge is 2.21. The molecule has 0 atom stereocenters. The predicted molar refractivity (Wildman–Crippen MR) is 145 cm³/mol. The summed E-state index contributed by atoms with van der Waals surface area (Å²) >= 11 is 5.99. The van der Waals surface area contributed by atoms with Crippen molar-refractivity contribution in [2.24, 2.45) is 0 Å². The number of nitrogens with zero attached hydrogens (tertiary/aromatic N) is 5. The maximum absolute atomic E-state index is 13.3. The Kier molecular flexibility index (Phi) is 6.97. The van der Waals surface area contributed by atoms with Crippen molar-refractivity contribution in [3.63, 3.8) is 0 Å². The lowest BCUT2D eigenvalue weighted by molar-refractivity contribution is 0.0600. The van der Waals surface area contributed by atoms with E-state index < -0.39 is 5.97 Å². The number of carbonyl (C=O) groups excluding carboxylic acids is 2. The second-order valence-electron chi connectivity index (χ2n) is 8.39. The molecule has 9 heteroatoms. The molecule has 0 unspecified atom stereocenters. The van der Waals surface area contributed by atoms with E-state index in [4.69, 9.17) is 16.3 Å². The molecule has 5 aromatic rings. The smallest absolute Gasteiger partial charge is 0.340 e. The number of hydrogen-bond donors (Lipinski definition) is 0. The Morgan fingerprint density at radius 3 is 2.32 bits per heavy atom. The number of benzene rings is 3. The summed E-state index contributed by atoms with van der Waals surface area (Å²) in [5, 5.41) is 8.86. The van der Waals surface area contributed by atoms with Crippen LogP contribution in [0.25, 0.3) is 16.9 Å². The van der Waals surface area contributed by atoms with Crippen molar-refractivity contribution in [3.8, 4) is 16.9 Å². The van der Waals surface area contributed by atoms with Crippen LogP contribution in [-0.4, -0.2) is 45.9 Å². The average Bonchev–Trinajstić information content (AvgIpc) is 3.46. The average molecular weight is 524 g/mol. The van der Waals surface area contributed by atoms with Crippen molar-refractivity contribution in [1.82, 2.24) is 20.0 Å². The second-order valence-corrected chi connectivity index (χ2v) is 8.82. The van der Waals surface area contributed by atoms with E-state index in [9.17, 15) is 9.59 Å². The second kappa shape index (κ2) is 10.7. The van der Waals surface area contributed by atoms with Crippen LogP contribution in [0.4, 0.5) is 11.4 Å². The monoisotopic (exact) mass is 523 g/mol. The molecule has 0 spiro atoms. The lowest BCUT2D eigenvalue weighted by Gasteiger charge is -2.19. The highest BCUT2D eigenvalue weighted by molar-refractivity contribution is 6.30. The molecule has 0 bridgehead atoms. The van der Waals surface area contributed by atoms with Crippen molar-refractivity contribution < 1.29 is 14.3 Å². The summed E-state index contributed by atoms with van der Waals surface area (Å²) in [7, 11) is 3.19. The van der Waals surface area contributed by atoms with Gasteiger partial charge in [-0.05, 0) is 54.6 Å². The van der Waals surface area contributed by atoms with Crippen molar-refractivity contribution in [2.45, 2.75) is 0 Å². The van der Waals surface area contributed by atoms with E-state index in [1.807, 2.05) is 72.6 Å². The van der Waals surface area contributed by atoms with E-state index >= 15 is 0 Å². The standard InChI is InChI=1S/C29H22ClN5O3/c1-34(22-11-9-21(30)10-12-22)23-13-14-25(31-17-23)28(36)20-8-15-26(24(16-20)29(37)38-2)35-27(18-32-33-35)19-6-4-3-5-7-19/h3-18H,1-2H3. The minimum atomic E-state index is -0.600. The van der Waals surface area contributed by atoms with E-state index in [0.717, 1.165) is 16.9 Å². The first kappa shape index (κ1) is 24.9. The number of aromatic nitrogens is 4. The summed E-state index contributed by atoms with van der Waals surface area (Å²) in [4.78, 5) is 32.4. The van der Waals surface area contributed by atoms with E-state index in [-0.39, 0.29) is 17.0 Å². The Bertz CT molecular complexity index is 1600. The number of methoxy groups -OCH3 is 1. The summed E-state index contributed by atoms with van der Waals surface area (Å²) in [5.41, 5.74) is 4.45. The highest BCUT2D eigenvalue weighted by Crippen LogP contribution is 2.27. The van der Waals surface area contributed by atoms with Gasteiger partial charge in [-0.1, -0.05) is 47.1 Å². The van der Waals surface area contributed by atoms with Gasteiger partial charge in [0.1, 0.15) is 5.69 Å². The Morgan fingerprint density at radius 1 is 0.895 bits per heavy atom. The molecular weight excluding hydrogens is 502 g/mol. The van der Waals surface area contributed by atoms with Gasteiger partial charge in [0.2, 0.25) is 5.78 Å². The maximum Gasteiger partial charge on any atom is 0.340 e. The lowest BCUT2D eigenvalue weighted by Crippen LogP contribution is -2.13. The van der Waals surface area contributed by atoms with Gasteiger partial charge in [-0.2, -0.15) is 0 Å². The number of rotatable bonds is 7. The fourth-order valence-corrected chi connectivity index (χ4v) is 4.16. The fourth-order valence-electron chi connectivity index (χ4n) is 4.03. The number of ketones is 1. The van der Waals surface area contributed by atoms with Gasteiger partial charge in [0.05, 0.1) is 42.1 Å². The summed E-state index contributed by atoms with van der Waals surface area (Å²) in [6.07, 6.45) is 3.24. The van der Waals surface area contributed by atoms with Gasteiger partial charge >= 0.3 is 5.97 Å². The van der Waals surface area contributed by atoms with Crippen molar-refractivity contribution >= 4 is 34.7 Å². The summed E-state index contributed by atoms with van der Waals surface area (Å²) < 4.78 is 6.56. The molecule has 0 aliphatic rings. The molecule has 8 nitrogen and oxygen atoms in total. The minimum Gasteiger partial charge on any atom is -0.465 e. The molecule has 0 saturated heterocycles. The van der Waals surface area contributed by atoms with Gasteiger partial charge < -0.3 is 9.64 Å².